The zero-order valence-corrected chi connectivity index (χ0v) is 29.1. The molecule has 8 heteroatoms. The summed E-state index contributed by atoms with van der Waals surface area (Å²) in [5.41, 5.74) is 0. The molecule has 232 valence electrons. The molecule has 0 aliphatic heterocycles. The second-order valence-electron chi connectivity index (χ2n) is 10.8. The third kappa shape index (κ3) is 23.6. The molecule has 0 heterocycles. The molecule has 0 atom stereocenters. The summed E-state index contributed by atoms with van der Waals surface area (Å²) in [5, 5.41) is 0. The number of para-hydroxylation sites is 2. The molecule has 0 fully saturated rings. The van der Waals surface area contributed by atoms with E-state index in [1.165, 1.54) is 64.2 Å². The van der Waals surface area contributed by atoms with Gasteiger partial charge in [-0.05, 0) is 49.9 Å². The van der Waals surface area contributed by atoms with Crippen molar-refractivity contribution >= 4 is 7.82 Å². The van der Waals surface area contributed by atoms with E-state index in [4.69, 9.17) is 18.5 Å². The molecule has 2 rings (SSSR count). The summed E-state index contributed by atoms with van der Waals surface area (Å²) in [7, 11) is -4.16. The van der Waals surface area contributed by atoms with Gasteiger partial charge in [-0.3, -0.25) is 4.57 Å². The van der Waals surface area contributed by atoms with Gasteiger partial charge in [0.25, 0.3) is 7.82 Å². The normalized spacial score (nSPS) is 11.3. The zero-order chi connectivity index (χ0) is 29.1. The second kappa shape index (κ2) is 27.7. The smallest absolute Gasteiger partial charge is 0.756 e. The molecule has 0 spiro atoms. The SMILES string of the molecule is O=P([O-])(OCCCCCCCCCCCOc1ccccc1)OCCCCCCCCCCCOc1ccccc1.[Na+]. The molecule has 0 amide bonds. The second-order valence-corrected chi connectivity index (χ2v) is 12.2. The van der Waals surface area contributed by atoms with Crippen LogP contribution in [0.25, 0.3) is 0 Å². The van der Waals surface area contributed by atoms with Gasteiger partial charge in [0.15, 0.2) is 0 Å². The first kappa shape index (κ1) is 39.2. The fourth-order valence-corrected chi connectivity index (χ4v) is 5.47. The number of unbranched alkanes of at least 4 members (excludes halogenated alkanes) is 16. The van der Waals surface area contributed by atoms with E-state index in [-0.39, 0.29) is 42.8 Å². The van der Waals surface area contributed by atoms with Crippen molar-refractivity contribution < 1.29 is 57.5 Å². The van der Waals surface area contributed by atoms with Crippen molar-refractivity contribution in [1.82, 2.24) is 0 Å². The van der Waals surface area contributed by atoms with Crippen LogP contribution < -0.4 is 43.9 Å². The molecule has 2 aromatic rings. The molecule has 0 saturated carbocycles. The predicted molar refractivity (Wildman–Crippen MR) is 166 cm³/mol. The maximum Gasteiger partial charge on any atom is 1.00 e. The van der Waals surface area contributed by atoms with Gasteiger partial charge in [0, 0.05) is 0 Å². The van der Waals surface area contributed by atoms with E-state index in [9.17, 15) is 9.46 Å². The van der Waals surface area contributed by atoms with Crippen LogP contribution >= 0.6 is 7.82 Å². The Morgan fingerprint density at radius 1 is 0.429 bits per heavy atom. The molecule has 0 N–H and O–H groups in total. The molecular weight excluding hydrogens is 558 g/mol. The van der Waals surface area contributed by atoms with Crippen molar-refractivity contribution in [2.45, 2.75) is 116 Å². The van der Waals surface area contributed by atoms with Crippen LogP contribution in [0.5, 0.6) is 11.5 Å². The van der Waals surface area contributed by atoms with Crippen LogP contribution in [0, 0.1) is 0 Å². The van der Waals surface area contributed by atoms with Gasteiger partial charge >= 0.3 is 29.6 Å². The molecule has 0 bridgehead atoms. The fraction of sp³-hybridized carbons (Fsp3) is 0.647. The fourth-order valence-electron chi connectivity index (χ4n) is 4.69. The minimum atomic E-state index is -4.16. The van der Waals surface area contributed by atoms with Crippen LogP contribution in [-0.4, -0.2) is 26.4 Å². The van der Waals surface area contributed by atoms with Crippen molar-refractivity contribution in [3.8, 4) is 11.5 Å². The van der Waals surface area contributed by atoms with E-state index in [0.29, 0.717) is 0 Å². The first-order valence-electron chi connectivity index (χ1n) is 16.1. The van der Waals surface area contributed by atoms with Gasteiger partial charge in [-0.1, -0.05) is 126 Å². The summed E-state index contributed by atoms with van der Waals surface area (Å²) in [6, 6.07) is 19.9. The Hall–Kier alpha value is -0.850. The number of rotatable bonds is 28. The molecule has 0 aliphatic rings. The van der Waals surface area contributed by atoms with Crippen molar-refractivity contribution in [2.75, 3.05) is 26.4 Å². The number of hydrogen-bond acceptors (Lipinski definition) is 6. The molecule has 2 aromatic carbocycles. The van der Waals surface area contributed by atoms with Crippen molar-refractivity contribution in [3.63, 3.8) is 0 Å². The van der Waals surface area contributed by atoms with Gasteiger partial charge in [0.2, 0.25) is 0 Å². The first-order valence-corrected chi connectivity index (χ1v) is 17.6. The average Bonchev–Trinajstić information content (AvgIpc) is 2.99. The number of phosphoric acid groups is 1. The Balaban J connectivity index is 0.00000882. The van der Waals surface area contributed by atoms with Crippen LogP contribution in [-0.2, 0) is 13.6 Å². The van der Waals surface area contributed by atoms with Crippen LogP contribution in [0.4, 0.5) is 0 Å². The minimum absolute atomic E-state index is 0. The summed E-state index contributed by atoms with van der Waals surface area (Å²) >= 11 is 0. The summed E-state index contributed by atoms with van der Waals surface area (Å²) in [6.45, 7) is 2.01. The van der Waals surface area contributed by atoms with E-state index in [1.807, 2.05) is 60.7 Å². The van der Waals surface area contributed by atoms with Crippen LogP contribution in [0.1, 0.15) is 116 Å². The Morgan fingerprint density at radius 2 is 0.690 bits per heavy atom. The number of hydrogen-bond donors (Lipinski definition) is 0. The van der Waals surface area contributed by atoms with Crippen LogP contribution in [0.3, 0.4) is 0 Å². The molecule has 0 unspecified atom stereocenters. The summed E-state index contributed by atoms with van der Waals surface area (Å²) in [5.74, 6) is 1.89. The molecule has 6 nitrogen and oxygen atoms in total. The van der Waals surface area contributed by atoms with Gasteiger partial charge in [0.1, 0.15) is 11.5 Å². The average molecular weight is 613 g/mol. The zero-order valence-electron chi connectivity index (χ0n) is 26.2. The number of phosphoric ester groups is 1. The van der Waals surface area contributed by atoms with E-state index >= 15 is 0 Å². The molecule has 0 radical (unpaired) electrons. The summed E-state index contributed by atoms with van der Waals surface area (Å²) < 4.78 is 33.4. The minimum Gasteiger partial charge on any atom is -0.756 e. The van der Waals surface area contributed by atoms with Crippen LogP contribution in [0.15, 0.2) is 60.7 Å². The monoisotopic (exact) mass is 612 g/mol. The maximum atomic E-state index is 11.9. The van der Waals surface area contributed by atoms with Crippen LogP contribution in [0.2, 0.25) is 0 Å². The van der Waals surface area contributed by atoms with Crippen molar-refractivity contribution in [1.29, 1.82) is 0 Å². The summed E-state index contributed by atoms with van der Waals surface area (Å²) in [4.78, 5) is 11.9. The van der Waals surface area contributed by atoms with E-state index < -0.39 is 7.82 Å². The predicted octanol–water partition coefficient (Wildman–Crippen LogP) is 6.67. The topological polar surface area (TPSA) is 77.1 Å². The third-order valence-electron chi connectivity index (χ3n) is 7.10. The molecule has 0 saturated heterocycles. The largest absolute Gasteiger partial charge is 1.00 e. The number of ether oxygens (including phenoxy) is 2. The van der Waals surface area contributed by atoms with Gasteiger partial charge in [-0.25, -0.2) is 0 Å². The molecular formula is C34H54NaO6P. The molecule has 42 heavy (non-hydrogen) atoms. The van der Waals surface area contributed by atoms with Gasteiger partial charge in [0.05, 0.1) is 26.4 Å². The Labute approximate surface area is 278 Å². The van der Waals surface area contributed by atoms with Crippen molar-refractivity contribution in [2.24, 2.45) is 0 Å². The molecule has 0 aromatic heterocycles. The first-order chi connectivity index (χ1) is 20.2. The quantitative estimate of drug-likeness (QED) is 0.0607. The van der Waals surface area contributed by atoms with Crippen molar-refractivity contribution in [3.05, 3.63) is 60.7 Å². The van der Waals surface area contributed by atoms with Gasteiger partial charge in [-0.15, -0.1) is 0 Å². The molecule has 0 aliphatic carbocycles. The Morgan fingerprint density at radius 3 is 1.00 bits per heavy atom. The third-order valence-corrected chi connectivity index (χ3v) is 8.10. The van der Waals surface area contributed by atoms with E-state index in [0.717, 1.165) is 76.1 Å². The van der Waals surface area contributed by atoms with Gasteiger partial charge in [-0.2, -0.15) is 0 Å². The number of benzene rings is 2. The van der Waals surface area contributed by atoms with Gasteiger partial charge < -0.3 is 23.4 Å². The maximum absolute atomic E-state index is 11.9. The standard InChI is InChI=1S/C34H55O6P.Na/c35-41(36,39-31-23-13-9-5-1-3-7-11-21-29-37-33-25-17-15-18-26-33)40-32-24-14-10-6-2-4-8-12-22-30-38-34-27-19-16-20-28-34;/h15-20,25-28H,1-14,21-24,29-32H2,(H,35,36);/q;+1/p-1. The Kier molecular flexibility index (Phi) is 25.8. The van der Waals surface area contributed by atoms with E-state index in [2.05, 4.69) is 0 Å². The Bertz CT molecular complexity index is 817. The van der Waals surface area contributed by atoms with E-state index in [1.54, 1.807) is 0 Å². The summed E-state index contributed by atoms with van der Waals surface area (Å²) in [6.07, 6.45) is 20.1.